The Labute approximate surface area is 173 Å². The van der Waals surface area contributed by atoms with Crippen LogP contribution in [-0.4, -0.2) is 16.8 Å². The van der Waals surface area contributed by atoms with Gasteiger partial charge in [0.15, 0.2) is 11.6 Å². The first kappa shape index (κ1) is 20.3. The summed E-state index contributed by atoms with van der Waals surface area (Å²) in [4.78, 5) is 26.6. The Kier molecular flexibility index (Phi) is 5.06. The second-order valence-corrected chi connectivity index (χ2v) is 6.83. The van der Waals surface area contributed by atoms with E-state index in [2.05, 4.69) is 0 Å². The van der Waals surface area contributed by atoms with Crippen molar-refractivity contribution in [1.29, 1.82) is 0 Å². The number of halogens is 4. The van der Waals surface area contributed by atoms with Crippen molar-refractivity contribution in [2.45, 2.75) is 6.04 Å². The van der Waals surface area contributed by atoms with Crippen LogP contribution < -0.4 is 4.90 Å². The number of hydrogen-bond donors (Lipinski definition) is 1. The molecule has 1 amide bonds. The van der Waals surface area contributed by atoms with Crippen molar-refractivity contribution in [2.75, 3.05) is 4.90 Å². The summed E-state index contributed by atoms with van der Waals surface area (Å²) in [6.45, 7) is 0. The van der Waals surface area contributed by atoms with Gasteiger partial charge < -0.3 is 5.11 Å². The molecular weight excluding hydrogens is 414 g/mol. The Morgan fingerprint density at radius 3 is 1.94 bits per heavy atom. The van der Waals surface area contributed by atoms with E-state index in [4.69, 9.17) is 0 Å². The van der Waals surface area contributed by atoms with Crippen molar-refractivity contribution in [3.63, 3.8) is 0 Å². The number of aliphatic hydroxyl groups is 1. The zero-order chi connectivity index (χ0) is 22.3. The average molecular weight is 427 g/mol. The molecule has 3 aromatic rings. The first-order valence-corrected chi connectivity index (χ1v) is 9.05. The Balaban J connectivity index is 1.95. The van der Waals surface area contributed by atoms with Gasteiger partial charge in [0.1, 0.15) is 17.4 Å². The molecule has 0 bridgehead atoms. The molecule has 1 unspecified atom stereocenters. The molecule has 1 aliphatic heterocycles. The zero-order valence-corrected chi connectivity index (χ0v) is 15.7. The van der Waals surface area contributed by atoms with E-state index in [1.165, 1.54) is 24.3 Å². The number of rotatable bonds is 3. The van der Waals surface area contributed by atoms with E-state index in [-0.39, 0.29) is 22.4 Å². The number of aliphatic hydroxyl groups excluding tert-OH is 1. The van der Waals surface area contributed by atoms with Gasteiger partial charge in [-0.05, 0) is 54.1 Å². The van der Waals surface area contributed by atoms with Crippen molar-refractivity contribution >= 4 is 23.1 Å². The highest BCUT2D eigenvalue weighted by Crippen LogP contribution is 2.42. The monoisotopic (exact) mass is 427 g/mol. The molecule has 8 heteroatoms. The Bertz CT molecular complexity index is 1220. The second-order valence-electron chi connectivity index (χ2n) is 6.83. The summed E-state index contributed by atoms with van der Waals surface area (Å²) in [6, 6.07) is 10.8. The van der Waals surface area contributed by atoms with Gasteiger partial charge in [-0.25, -0.2) is 17.6 Å². The minimum atomic E-state index is -1.25. The van der Waals surface area contributed by atoms with Gasteiger partial charge in [-0.1, -0.05) is 12.1 Å². The maximum Gasteiger partial charge on any atom is 0.300 e. The molecule has 1 heterocycles. The minimum Gasteiger partial charge on any atom is -0.507 e. The van der Waals surface area contributed by atoms with Gasteiger partial charge in [0.2, 0.25) is 0 Å². The van der Waals surface area contributed by atoms with Crippen molar-refractivity contribution in [1.82, 2.24) is 0 Å². The lowest BCUT2D eigenvalue weighted by atomic mass is 9.95. The van der Waals surface area contributed by atoms with Crippen LogP contribution in [-0.2, 0) is 9.59 Å². The summed E-state index contributed by atoms with van der Waals surface area (Å²) in [5.41, 5.74) is -0.174. The quantitative estimate of drug-likeness (QED) is 0.281. The van der Waals surface area contributed by atoms with Crippen LogP contribution in [0.25, 0.3) is 5.76 Å². The number of benzene rings is 3. The highest BCUT2D eigenvalue weighted by molar-refractivity contribution is 6.51. The summed E-state index contributed by atoms with van der Waals surface area (Å²) < 4.78 is 54.0. The van der Waals surface area contributed by atoms with Gasteiger partial charge in [-0.2, -0.15) is 0 Å². The number of anilines is 1. The molecule has 31 heavy (non-hydrogen) atoms. The third-order valence-corrected chi connectivity index (χ3v) is 4.93. The smallest absolute Gasteiger partial charge is 0.300 e. The fraction of sp³-hybridized carbons (Fsp3) is 0.0435. The van der Waals surface area contributed by atoms with E-state index in [9.17, 15) is 32.3 Å². The molecule has 4 rings (SSSR count). The summed E-state index contributed by atoms with van der Waals surface area (Å²) in [5, 5.41) is 10.8. The Morgan fingerprint density at radius 1 is 0.774 bits per heavy atom. The van der Waals surface area contributed by atoms with Crippen LogP contribution in [0, 0.1) is 23.3 Å². The fourth-order valence-electron chi connectivity index (χ4n) is 3.46. The van der Waals surface area contributed by atoms with Gasteiger partial charge >= 0.3 is 0 Å². The normalized spacial score (nSPS) is 17.9. The predicted molar refractivity (Wildman–Crippen MR) is 104 cm³/mol. The fourth-order valence-corrected chi connectivity index (χ4v) is 3.46. The molecule has 0 saturated carbocycles. The van der Waals surface area contributed by atoms with Crippen LogP contribution in [0.4, 0.5) is 23.2 Å². The van der Waals surface area contributed by atoms with Crippen molar-refractivity contribution < 1.29 is 32.3 Å². The predicted octanol–water partition coefficient (Wildman–Crippen LogP) is 4.87. The first-order valence-electron chi connectivity index (χ1n) is 9.05. The lowest BCUT2D eigenvalue weighted by molar-refractivity contribution is -0.132. The summed E-state index contributed by atoms with van der Waals surface area (Å²) >= 11 is 0. The van der Waals surface area contributed by atoms with Gasteiger partial charge in [0, 0.05) is 17.3 Å². The Hall–Kier alpha value is -3.94. The maximum atomic E-state index is 13.9. The molecule has 1 fully saturated rings. The molecule has 0 radical (unpaired) electrons. The van der Waals surface area contributed by atoms with E-state index in [0.29, 0.717) is 0 Å². The number of nitrogens with zero attached hydrogens (tertiary/aromatic N) is 1. The number of carbonyl (C=O) groups is 2. The number of amides is 1. The van der Waals surface area contributed by atoms with Crippen molar-refractivity contribution in [3.05, 3.63) is 107 Å². The van der Waals surface area contributed by atoms with Crippen LogP contribution >= 0.6 is 0 Å². The van der Waals surface area contributed by atoms with Gasteiger partial charge in [-0.15, -0.1) is 0 Å². The first-order chi connectivity index (χ1) is 14.8. The molecule has 1 N–H and O–H groups in total. The summed E-state index contributed by atoms with van der Waals surface area (Å²) in [5.74, 6) is -6.30. The van der Waals surface area contributed by atoms with Crippen LogP contribution in [0.15, 0.2) is 72.3 Å². The largest absolute Gasteiger partial charge is 0.507 e. The molecule has 3 aromatic carbocycles. The molecule has 1 saturated heterocycles. The number of hydrogen-bond acceptors (Lipinski definition) is 3. The third-order valence-electron chi connectivity index (χ3n) is 4.93. The van der Waals surface area contributed by atoms with E-state index in [0.717, 1.165) is 47.4 Å². The standard InChI is InChI=1S/C23H13F4NO3/c24-14-5-1-12(2-6-14)20-19(21(29)13-3-7-15(25)8-4-13)22(30)23(31)28(20)16-9-10-17(26)18(27)11-16/h1-11,20,29H/b21-19+. The molecule has 1 atom stereocenters. The Morgan fingerprint density at radius 2 is 1.35 bits per heavy atom. The maximum absolute atomic E-state index is 13.9. The minimum absolute atomic E-state index is 0.0665. The van der Waals surface area contributed by atoms with E-state index in [1.807, 2.05) is 0 Å². The highest BCUT2D eigenvalue weighted by atomic mass is 19.2. The third kappa shape index (κ3) is 3.56. The molecule has 4 nitrogen and oxygen atoms in total. The van der Waals surface area contributed by atoms with Crippen LogP contribution in [0.2, 0.25) is 0 Å². The molecule has 0 spiro atoms. The summed E-state index contributed by atoms with van der Waals surface area (Å²) in [7, 11) is 0. The van der Waals surface area contributed by atoms with Gasteiger partial charge in [-0.3, -0.25) is 14.5 Å². The zero-order valence-electron chi connectivity index (χ0n) is 15.7. The highest BCUT2D eigenvalue weighted by Gasteiger charge is 2.47. The van der Waals surface area contributed by atoms with Gasteiger partial charge in [0.25, 0.3) is 11.7 Å². The lowest BCUT2D eigenvalue weighted by Crippen LogP contribution is -2.29. The van der Waals surface area contributed by atoms with Crippen LogP contribution in [0.1, 0.15) is 17.2 Å². The molecule has 0 aliphatic carbocycles. The van der Waals surface area contributed by atoms with Gasteiger partial charge in [0.05, 0.1) is 11.6 Å². The SMILES string of the molecule is O=C1C(=O)N(c2ccc(F)c(F)c2)C(c2ccc(F)cc2)/C1=C(\O)c1ccc(F)cc1. The van der Waals surface area contributed by atoms with Crippen LogP contribution in [0.3, 0.4) is 0 Å². The number of Topliss-reactive ketones (excluding diaryl/α,β-unsaturated/α-hetero) is 1. The average Bonchev–Trinajstić information content (AvgIpc) is 3.01. The lowest BCUT2D eigenvalue weighted by Gasteiger charge is -2.25. The van der Waals surface area contributed by atoms with Crippen molar-refractivity contribution in [3.8, 4) is 0 Å². The molecular formula is C23H13F4NO3. The molecule has 1 aliphatic rings. The van der Waals surface area contributed by atoms with E-state index in [1.54, 1.807) is 0 Å². The molecule has 0 aromatic heterocycles. The second kappa shape index (κ2) is 7.71. The topological polar surface area (TPSA) is 57.6 Å². The number of carbonyl (C=O) groups excluding carboxylic acids is 2. The van der Waals surface area contributed by atoms with Crippen molar-refractivity contribution in [2.24, 2.45) is 0 Å². The molecule has 156 valence electrons. The number of ketones is 1. The van der Waals surface area contributed by atoms with Crippen LogP contribution in [0.5, 0.6) is 0 Å². The van der Waals surface area contributed by atoms with E-state index >= 15 is 0 Å². The van der Waals surface area contributed by atoms with E-state index < -0.39 is 46.8 Å². The summed E-state index contributed by atoms with van der Waals surface area (Å²) in [6.07, 6.45) is 0.